The Hall–Kier alpha value is -3.48. The third-order valence-corrected chi connectivity index (χ3v) is 5.95. The molecule has 0 aliphatic rings. The third-order valence-electron chi connectivity index (χ3n) is 5.95. The molecule has 0 aliphatic heterocycles. The predicted octanol–water partition coefficient (Wildman–Crippen LogP) is 0.658. The molecule has 12 heteroatoms. The van der Waals surface area contributed by atoms with Crippen LogP contribution in [-0.4, -0.2) is 89.9 Å². The fraction of sp³-hybridized carbons (Fsp3) is 0.538. The number of esters is 1. The van der Waals surface area contributed by atoms with Gasteiger partial charge in [0.25, 0.3) is 5.91 Å². The summed E-state index contributed by atoms with van der Waals surface area (Å²) in [6.07, 6.45) is -1.20. The van der Waals surface area contributed by atoms with Crippen LogP contribution < -0.4 is 10.6 Å². The summed E-state index contributed by atoms with van der Waals surface area (Å²) in [5.74, 6) is -1.98. The maximum atomic E-state index is 12.8. The maximum Gasteiger partial charge on any atom is 0.328 e. The standard InChI is InChI=1S/C26H38N4O8/c1-14(2)24(36-5)22(23(33)16(4)31)30-38-13-21(32)28-15(3)25(34)29-20(26(35)37-6)11-17-12-27-19-10-8-7-9-18(17)19/h7-10,12,14-16,20,23-24,27,31,33H,11,13H2,1-6H3,(H,28,32)(H,29,34)/b30-22+/t15-,16?,20-,23?,24-/m0/s1. The van der Waals surface area contributed by atoms with Gasteiger partial charge in [-0.2, -0.15) is 0 Å². The highest BCUT2D eigenvalue weighted by atomic mass is 16.6. The van der Waals surface area contributed by atoms with Gasteiger partial charge in [-0.05, 0) is 31.4 Å². The lowest BCUT2D eigenvalue weighted by molar-refractivity contribution is -0.145. The monoisotopic (exact) mass is 534 g/mol. The minimum Gasteiger partial charge on any atom is -0.467 e. The van der Waals surface area contributed by atoms with Crippen LogP contribution in [-0.2, 0) is 35.1 Å². The van der Waals surface area contributed by atoms with Crippen molar-refractivity contribution in [3.05, 3.63) is 36.0 Å². The first-order valence-electron chi connectivity index (χ1n) is 12.3. The van der Waals surface area contributed by atoms with Crippen molar-refractivity contribution in [1.29, 1.82) is 0 Å². The number of aliphatic hydroxyl groups is 2. The largest absolute Gasteiger partial charge is 0.467 e. The second-order valence-electron chi connectivity index (χ2n) is 9.31. The van der Waals surface area contributed by atoms with Gasteiger partial charge >= 0.3 is 5.97 Å². The van der Waals surface area contributed by atoms with E-state index in [1.165, 1.54) is 28.1 Å². The molecule has 2 unspecified atom stereocenters. The highest BCUT2D eigenvalue weighted by molar-refractivity contribution is 5.93. The second kappa shape index (κ2) is 14.5. The maximum absolute atomic E-state index is 12.8. The average Bonchev–Trinajstić information content (AvgIpc) is 3.29. The first-order chi connectivity index (χ1) is 18.0. The molecule has 38 heavy (non-hydrogen) atoms. The van der Waals surface area contributed by atoms with E-state index in [0.717, 1.165) is 16.5 Å². The fourth-order valence-electron chi connectivity index (χ4n) is 3.92. The number of H-pyrrole nitrogens is 1. The van der Waals surface area contributed by atoms with Crippen molar-refractivity contribution in [2.75, 3.05) is 20.8 Å². The minimum atomic E-state index is -1.36. The van der Waals surface area contributed by atoms with Crippen molar-refractivity contribution in [1.82, 2.24) is 15.6 Å². The molecule has 1 heterocycles. The Bertz CT molecular complexity index is 1110. The normalized spacial score (nSPS) is 15.9. The molecule has 5 N–H and O–H groups in total. The number of nitrogens with zero attached hydrogens (tertiary/aromatic N) is 1. The summed E-state index contributed by atoms with van der Waals surface area (Å²) in [6, 6.07) is 5.60. The molecule has 0 saturated carbocycles. The lowest BCUT2D eigenvalue weighted by Crippen LogP contribution is -2.51. The Labute approximate surface area is 221 Å². The quantitative estimate of drug-likeness (QED) is 0.134. The summed E-state index contributed by atoms with van der Waals surface area (Å²) in [7, 11) is 2.66. The molecule has 210 valence electrons. The summed E-state index contributed by atoms with van der Waals surface area (Å²) in [6.45, 7) is 5.97. The van der Waals surface area contributed by atoms with Crippen molar-refractivity contribution in [2.45, 2.75) is 64.5 Å². The lowest BCUT2D eigenvalue weighted by atomic mass is 9.96. The predicted molar refractivity (Wildman–Crippen MR) is 140 cm³/mol. The molecule has 0 saturated heterocycles. The van der Waals surface area contributed by atoms with Gasteiger partial charge in [-0.1, -0.05) is 37.2 Å². The number of benzene rings is 1. The molecule has 2 amide bonds. The van der Waals surface area contributed by atoms with Crippen LogP contribution in [0, 0.1) is 5.92 Å². The molecule has 2 aromatic rings. The van der Waals surface area contributed by atoms with E-state index in [4.69, 9.17) is 14.3 Å². The van der Waals surface area contributed by atoms with Crippen LogP contribution in [0.3, 0.4) is 0 Å². The summed E-state index contributed by atoms with van der Waals surface area (Å²) in [5, 5.41) is 29.9. The van der Waals surface area contributed by atoms with Gasteiger partial charge in [0, 0.05) is 30.6 Å². The molecule has 5 atom stereocenters. The molecule has 0 aliphatic carbocycles. The SMILES string of the molecule is COC(=O)[C@H](Cc1c[nH]c2ccccc12)NC(=O)[C@H](C)NC(=O)CO/N=C(\C(O)C(C)O)[C@@H](OC)C(C)C. The number of aromatic amines is 1. The second-order valence-corrected chi connectivity index (χ2v) is 9.31. The Morgan fingerprint density at radius 3 is 2.34 bits per heavy atom. The summed E-state index contributed by atoms with van der Waals surface area (Å²) in [5.41, 5.74) is 1.76. The van der Waals surface area contributed by atoms with Crippen LogP contribution in [0.1, 0.15) is 33.3 Å². The average molecular weight is 535 g/mol. The molecule has 0 spiro atoms. The van der Waals surface area contributed by atoms with Crippen LogP contribution in [0.25, 0.3) is 10.9 Å². The zero-order chi connectivity index (χ0) is 28.4. The number of nitrogens with one attached hydrogen (secondary N) is 3. The molecule has 2 rings (SSSR count). The molecule has 0 radical (unpaired) electrons. The number of para-hydroxylation sites is 1. The lowest BCUT2D eigenvalue weighted by Gasteiger charge is -2.25. The van der Waals surface area contributed by atoms with Gasteiger partial charge in [-0.25, -0.2) is 4.79 Å². The van der Waals surface area contributed by atoms with Gasteiger partial charge in [0.1, 0.15) is 30.0 Å². The van der Waals surface area contributed by atoms with Crippen LogP contribution >= 0.6 is 0 Å². The first kappa shape index (κ1) is 30.7. The summed E-state index contributed by atoms with van der Waals surface area (Å²) >= 11 is 0. The number of aromatic nitrogens is 1. The molecule has 1 aromatic carbocycles. The van der Waals surface area contributed by atoms with Crippen molar-refractivity contribution in [3.8, 4) is 0 Å². The zero-order valence-electron chi connectivity index (χ0n) is 22.6. The van der Waals surface area contributed by atoms with Gasteiger partial charge in [-0.3, -0.25) is 9.59 Å². The van der Waals surface area contributed by atoms with Crippen LogP contribution in [0.2, 0.25) is 0 Å². The van der Waals surface area contributed by atoms with Crippen molar-refractivity contribution >= 4 is 34.4 Å². The Morgan fingerprint density at radius 1 is 1.05 bits per heavy atom. The number of ether oxygens (including phenoxy) is 2. The molecular weight excluding hydrogens is 496 g/mol. The van der Waals surface area contributed by atoms with E-state index in [0.29, 0.717) is 0 Å². The van der Waals surface area contributed by atoms with E-state index < -0.39 is 54.8 Å². The van der Waals surface area contributed by atoms with Gasteiger partial charge < -0.3 is 40.1 Å². The number of fused-ring (bicyclic) bond motifs is 1. The number of carbonyl (C=O) groups is 3. The number of hydrogen-bond donors (Lipinski definition) is 5. The molecule has 0 fully saturated rings. The molecule has 12 nitrogen and oxygen atoms in total. The van der Waals surface area contributed by atoms with E-state index in [1.54, 1.807) is 6.20 Å². The zero-order valence-corrected chi connectivity index (χ0v) is 22.6. The number of methoxy groups -OCH3 is 2. The van der Waals surface area contributed by atoms with E-state index in [9.17, 15) is 24.6 Å². The fourth-order valence-corrected chi connectivity index (χ4v) is 3.92. The minimum absolute atomic E-state index is 0.0364. The summed E-state index contributed by atoms with van der Waals surface area (Å²) in [4.78, 5) is 45.7. The third kappa shape index (κ3) is 8.27. The Balaban J connectivity index is 2.00. The van der Waals surface area contributed by atoms with Gasteiger partial charge in [0.05, 0.1) is 13.2 Å². The molecule has 0 bridgehead atoms. The van der Waals surface area contributed by atoms with E-state index in [-0.39, 0.29) is 18.1 Å². The van der Waals surface area contributed by atoms with E-state index in [1.807, 2.05) is 38.1 Å². The highest BCUT2D eigenvalue weighted by Crippen LogP contribution is 2.19. The number of carbonyl (C=O) groups excluding carboxylic acids is 3. The smallest absolute Gasteiger partial charge is 0.328 e. The number of hydrogen-bond acceptors (Lipinski definition) is 9. The molecule has 1 aromatic heterocycles. The molecular formula is C26H38N4O8. The van der Waals surface area contributed by atoms with E-state index in [2.05, 4.69) is 20.8 Å². The number of amides is 2. The van der Waals surface area contributed by atoms with Crippen molar-refractivity contribution in [2.24, 2.45) is 11.1 Å². The van der Waals surface area contributed by atoms with Gasteiger partial charge in [0.2, 0.25) is 5.91 Å². The van der Waals surface area contributed by atoms with Crippen LogP contribution in [0.5, 0.6) is 0 Å². The Kier molecular flexibility index (Phi) is 11.7. The number of rotatable bonds is 14. The first-order valence-corrected chi connectivity index (χ1v) is 12.3. The van der Waals surface area contributed by atoms with E-state index >= 15 is 0 Å². The topological polar surface area (TPSA) is 172 Å². The highest BCUT2D eigenvalue weighted by Gasteiger charge is 2.30. The van der Waals surface area contributed by atoms with Crippen LogP contribution in [0.15, 0.2) is 35.6 Å². The summed E-state index contributed by atoms with van der Waals surface area (Å²) < 4.78 is 10.2. The van der Waals surface area contributed by atoms with Crippen LogP contribution in [0.4, 0.5) is 0 Å². The number of oxime groups is 1. The van der Waals surface area contributed by atoms with Gasteiger partial charge in [-0.15, -0.1) is 0 Å². The Morgan fingerprint density at radius 2 is 1.74 bits per heavy atom. The van der Waals surface area contributed by atoms with Crippen molar-refractivity contribution in [3.63, 3.8) is 0 Å². The van der Waals surface area contributed by atoms with Crippen molar-refractivity contribution < 1.29 is 38.9 Å². The van der Waals surface area contributed by atoms with Gasteiger partial charge in [0.15, 0.2) is 6.61 Å². The number of aliphatic hydroxyl groups excluding tert-OH is 2.